The summed E-state index contributed by atoms with van der Waals surface area (Å²) in [5, 5.41) is 17.0. The van der Waals surface area contributed by atoms with Crippen molar-refractivity contribution in [3.8, 4) is 0 Å². The Hall–Kier alpha value is -2.68. The molecule has 4 aliphatic rings. The van der Waals surface area contributed by atoms with Gasteiger partial charge >= 0.3 is 6.03 Å². The fourth-order valence-corrected chi connectivity index (χ4v) is 7.69. The minimum Gasteiger partial charge on any atom is -0.352 e. The van der Waals surface area contributed by atoms with Gasteiger partial charge in [0.25, 0.3) is 5.91 Å². The second kappa shape index (κ2) is 9.76. The lowest BCUT2D eigenvalue weighted by Crippen LogP contribution is -2.65. The number of carbonyl (C=O) groups excluding carboxylic acids is 3. The van der Waals surface area contributed by atoms with E-state index < -0.39 is 23.7 Å². The maximum Gasteiger partial charge on any atom is 0.319 e. The quantitative estimate of drug-likeness (QED) is 0.200. The number of hydroxylamine groups is 1. The number of hydrogen-bond donors (Lipinski definition) is 5. The first-order chi connectivity index (χ1) is 16.5. The maximum atomic E-state index is 14.7. The topological polar surface area (TPSA) is 120 Å². The molecule has 5 N–H and O–H groups in total. The Balaban J connectivity index is 1.27. The predicted octanol–water partition coefficient (Wildman–Crippen LogP) is 4.49. The molecular formula is C26H37FN4O4. The van der Waals surface area contributed by atoms with E-state index >= 15 is 0 Å². The number of carbonyl (C=O) groups is 3. The van der Waals surface area contributed by atoms with Crippen LogP contribution in [0.5, 0.6) is 0 Å². The highest BCUT2D eigenvalue weighted by Gasteiger charge is 2.60. The van der Waals surface area contributed by atoms with Crippen LogP contribution in [0.4, 0.5) is 14.9 Å². The van der Waals surface area contributed by atoms with E-state index in [1.807, 2.05) is 0 Å². The van der Waals surface area contributed by atoms with Gasteiger partial charge < -0.3 is 16.0 Å². The van der Waals surface area contributed by atoms with Crippen LogP contribution in [0.3, 0.4) is 0 Å². The van der Waals surface area contributed by atoms with Crippen LogP contribution in [0.2, 0.25) is 0 Å². The second-order valence-electron chi connectivity index (χ2n) is 11.8. The van der Waals surface area contributed by atoms with Gasteiger partial charge in [-0.1, -0.05) is 20.3 Å². The van der Waals surface area contributed by atoms with Gasteiger partial charge in [0, 0.05) is 24.1 Å². The number of nitrogens with one attached hydrogen (secondary N) is 4. The van der Waals surface area contributed by atoms with Crippen LogP contribution >= 0.6 is 0 Å². The molecule has 4 saturated carbocycles. The molecule has 0 aliphatic heterocycles. The molecule has 0 heterocycles. The lowest BCUT2D eigenvalue weighted by Gasteiger charge is -2.65. The van der Waals surface area contributed by atoms with E-state index in [0.29, 0.717) is 31.7 Å². The molecule has 8 nitrogen and oxygen atoms in total. The van der Waals surface area contributed by atoms with E-state index in [0.717, 1.165) is 25.3 Å². The Labute approximate surface area is 205 Å². The van der Waals surface area contributed by atoms with Crippen molar-refractivity contribution in [1.82, 2.24) is 16.1 Å². The molecular weight excluding hydrogens is 451 g/mol. The Kier molecular flexibility index (Phi) is 7.09. The van der Waals surface area contributed by atoms with Crippen LogP contribution in [-0.4, -0.2) is 35.1 Å². The van der Waals surface area contributed by atoms with Crippen LogP contribution in [0.15, 0.2) is 18.2 Å². The summed E-state index contributed by atoms with van der Waals surface area (Å²) in [5.41, 5.74) is 2.09. The summed E-state index contributed by atoms with van der Waals surface area (Å²) in [7, 11) is 0. The zero-order valence-corrected chi connectivity index (χ0v) is 20.6. The van der Waals surface area contributed by atoms with Gasteiger partial charge in [-0.25, -0.2) is 14.7 Å². The largest absolute Gasteiger partial charge is 0.352 e. The minimum atomic E-state index is -0.660. The summed E-state index contributed by atoms with van der Waals surface area (Å²) < 4.78 is 14.7. The van der Waals surface area contributed by atoms with Gasteiger partial charge in [-0.05, 0) is 86.3 Å². The van der Waals surface area contributed by atoms with Crippen LogP contribution in [0, 0.1) is 22.6 Å². The Morgan fingerprint density at radius 3 is 2.37 bits per heavy atom. The van der Waals surface area contributed by atoms with Gasteiger partial charge in [-0.15, -0.1) is 0 Å². The summed E-state index contributed by atoms with van der Waals surface area (Å²) in [5.74, 6) is -0.861. The molecule has 1 aromatic rings. The number of urea groups is 1. The van der Waals surface area contributed by atoms with Crippen LogP contribution < -0.4 is 21.4 Å². The van der Waals surface area contributed by atoms with Crippen molar-refractivity contribution < 1.29 is 24.0 Å². The van der Waals surface area contributed by atoms with Crippen LogP contribution in [0.25, 0.3) is 0 Å². The molecule has 9 heteroatoms. The molecule has 35 heavy (non-hydrogen) atoms. The molecule has 0 radical (unpaired) electrons. The molecule has 2 atom stereocenters. The molecule has 4 amide bonds. The number of unbranched alkanes of at least 4 members (excludes halogenated alkanes) is 2. The smallest absolute Gasteiger partial charge is 0.319 e. The number of rotatable bonds is 9. The van der Waals surface area contributed by atoms with E-state index in [2.05, 4.69) is 29.8 Å². The van der Waals surface area contributed by atoms with E-state index in [1.165, 1.54) is 31.4 Å². The lowest BCUT2D eigenvalue weighted by molar-refractivity contribution is -0.129. The van der Waals surface area contributed by atoms with E-state index in [9.17, 15) is 18.8 Å². The van der Waals surface area contributed by atoms with Crippen molar-refractivity contribution in [2.24, 2.45) is 16.7 Å². The van der Waals surface area contributed by atoms with Crippen LogP contribution in [-0.2, 0) is 4.79 Å². The maximum absolute atomic E-state index is 14.7. The van der Waals surface area contributed by atoms with Gasteiger partial charge in [-0.2, -0.15) is 0 Å². The molecule has 192 valence electrons. The standard InChI is InChI=1S/C26H37FN4O4/c1-24-11-17-12-25(2,14-24)16-26(13-17,15-24)30-23(34)29-20-8-7-18(10-19(20)27)22(33)28-9-5-3-4-6-21(32)31-35/h7-8,10,17,35H,3-6,9,11-16H2,1-2H3,(H,28,33)(H,31,32)(H2,29,30,34). The summed E-state index contributed by atoms with van der Waals surface area (Å²) >= 11 is 0. The summed E-state index contributed by atoms with van der Waals surface area (Å²) in [6.45, 7) is 5.07. The minimum absolute atomic E-state index is 0.0448. The molecule has 1 aromatic carbocycles. The van der Waals surface area contributed by atoms with Gasteiger partial charge in [0.1, 0.15) is 5.82 Å². The number of anilines is 1. The molecule has 5 rings (SSSR count). The van der Waals surface area contributed by atoms with E-state index in [4.69, 9.17) is 5.21 Å². The van der Waals surface area contributed by atoms with Gasteiger partial charge in [-0.3, -0.25) is 14.8 Å². The number of benzene rings is 1. The zero-order chi connectivity index (χ0) is 25.3. The first-order valence-electron chi connectivity index (χ1n) is 12.6. The second-order valence-corrected chi connectivity index (χ2v) is 11.8. The third-order valence-electron chi connectivity index (χ3n) is 7.98. The molecule has 0 saturated heterocycles. The Morgan fingerprint density at radius 1 is 1.03 bits per heavy atom. The third kappa shape index (κ3) is 5.94. The summed E-state index contributed by atoms with van der Waals surface area (Å²) in [6, 6.07) is 3.64. The van der Waals surface area contributed by atoms with Crippen molar-refractivity contribution in [2.75, 3.05) is 11.9 Å². The highest BCUT2D eigenvalue weighted by Crippen LogP contribution is 2.66. The number of halogens is 1. The highest BCUT2D eigenvalue weighted by atomic mass is 19.1. The fourth-order valence-electron chi connectivity index (χ4n) is 7.69. The van der Waals surface area contributed by atoms with Gasteiger partial charge in [0.05, 0.1) is 5.69 Å². The van der Waals surface area contributed by atoms with Crippen molar-refractivity contribution >= 4 is 23.5 Å². The van der Waals surface area contributed by atoms with E-state index in [-0.39, 0.29) is 34.0 Å². The molecule has 2 unspecified atom stereocenters. The molecule has 4 fully saturated rings. The monoisotopic (exact) mass is 488 g/mol. The highest BCUT2D eigenvalue weighted by molar-refractivity contribution is 5.95. The first-order valence-corrected chi connectivity index (χ1v) is 12.6. The molecule has 0 aromatic heterocycles. The van der Waals surface area contributed by atoms with Gasteiger partial charge in [0.15, 0.2) is 0 Å². The van der Waals surface area contributed by atoms with Crippen molar-refractivity contribution in [1.29, 1.82) is 0 Å². The lowest BCUT2D eigenvalue weighted by atomic mass is 9.43. The zero-order valence-electron chi connectivity index (χ0n) is 20.6. The molecule has 4 bridgehead atoms. The third-order valence-corrected chi connectivity index (χ3v) is 7.98. The first kappa shape index (κ1) is 25.4. The van der Waals surface area contributed by atoms with Crippen molar-refractivity contribution in [3.63, 3.8) is 0 Å². The van der Waals surface area contributed by atoms with E-state index in [1.54, 1.807) is 5.48 Å². The summed E-state index contributed by atoms with van der Waals surface area (Å²) in [4.78, 5) is 36.1. The average Bonchev–Trinajstić information content (AvgIpc) is 2.74. The number of hydrogen-bond acceptors (Lipinski definition) is 4. The predicted molar refractivity (Wildman–Crippen MR) is 129 cm³/mol. The van der Waals surface area contributed by atoms with Crippen molar-refractivity contribution in [2.45, 2.75) is 83.6 Å². The molecule has 4 aliphatic carbocycles. The number of amides is 4. The Morgan fingerprint density at radius 2 is 1.74 bits per heavy atom. The fraction of sp³-hybridized carbons (Fsp3) is 0.654. The normalized spacial score (nSPS) is 30.6. The summed E-state index contributed by atoms with van der Waals surface area (Å²) in [6.07, 6.45) is 8.78. The van der Waals surface area contributed by atoms with Crippen molar-refractivity contribution in [3.05, 3.63) is 29.6 Å². The van der Waals surface area contributed by atoms with Gasteiger partial charge in [0.2, 0.25) is 5.91 Å². The average molecular weight is 489 g/mol. The SMILES string of the molecule is CC12CC3CC(C)(C1)CC(NC(=O)Nc1ccc(C(=O)NCCCCCC(=O)NO)cc1F)(C3)C2. The Bertz CT molecular complexity index is 982. The van der Waals surface area contributed by atoms with Crippen LogP contribution in [0.1, 0.15) is 88.4 Å². The molecule has 0 spiro atoms.